The summed E-state index contributed by atoms with van der Waals surface area (Å²) in [5.74, 6) is 1.01. The molecule has 1 aliphatic rings. The molecule has 5 nitrogen and oxygen atoms in total. The summed E-state index contributed by atoms with van der Waals surface area (Å²) in [5.41, 5.74) is 2.79. The number of amides is 1. The average Bonchev–Trinajstić information content (AvgIpc) is 2.88. The molecule has 0 saturated carbocycles. The van der Waals surface area contributed by atoms with Gasteiger partial charge >= 0.3 is 0 Å². The molecule has 0 aliphatic carbocycles. The molecule has 0 spiro atoms. The van der Waals surface area contributed by atoms with E-state index in [2.05, 4.69) is 11.5 Å². The Morgan fingerprint density at radius 1 is 1.40 bits per heavy atom. The van der Waals surface area contributed by atoms with Gasteiger partial charge in [0.05, 0.1) is 18.8 Å². The zero-order valence-corrected chi connectivity index (χ0v) is 15.6. The number of methoxy groups -OCH3 is 1. The van der Waals surface area contributed by atoms with Crippen molar-refractivity contribution in [2.24, 2.45) is 5.92 Å². The van der Waals surface area contributed by atoms with Gasteiger partial charge < -0.3 is 19.3 Å². The van der Waals surface area contributed by atoms with Crippen LogP contribution >= 0.6 is 0 Å². The highest BCUT2D eigenvalue weighted by Gasteiger charge is 2.30. The van der Waals surface area contributed by atoms with E-state index in [1.165, 1.54) is 0 Å². The Balaban J connectivity index is 2.07. The van der Waals surface area contributed by atoms with Crippen molar-refractivity contribution in [3.05, 3.63) is 29.5 Å². The van der Waals surface area contributed by atoms with Gasteiger partial charge in [-0.25, -0.2) is 0 Å². The minimum absolute atomic E-state index is 0.0107. The Morgan fingerprint density at radius 2 is 2.16 bits per heavy atom. The second-order valence-electron chi connectivity index (χ2n) is 7.08. The summed E-state index contributed by atoms with van der Waals surface area (Å²) in [4.78, 5) is 15.1. The van der Waals surface area contributed by atoms with Crippen LogP contribution in [0.1, 0.15) is 42.7 Å². The number of β-amino-alcohol motifs (C(OH)–C–C–N with tert-alkyl or cyclic N) is 1. The molecule has 0 bridgehead atoms. The molecule has 136 valence electrons. The summed E-state index contributed by atoms with van der Waals surface area (Å²) >= 11 is 0. The average molecular weight is 344 g/mol. The Hall–Kier alpha value is -2.01. The number of rotatable bonds is 4. The molecular weight excluding hydrogens is 316 g/mol. The SMILES string of the molecule is CCCn1c(C)c(C(=O)N2CC[C@@H](C)[C@@H](O)C2)c2cc(OC)ccc21. The lowest BCUT2D eigenvalue weighted by molar-refractivity contribution is 0.0249. The minimum Gasteiger partial charge on any atom is -0.497 e. The molecule has 1 amide bonds. The van der Waals surface area contributed by atoms with E-state index in [-0.39, 0.29) is 11.8 Å². The van der Waals surface area contributed by atoms with Gasteiger partial charge in [0.1, 0.15) is 5.75 Å². The molecule has 2 aromatic rings. The third kappa shape index (κ3) is 3.13. The number of aliphatic hydroxyl groups is 1. The lowest BCUT2D eigenvalue weighted by Crippen LogP contribution is -2.46. The van der Waals surface area contributed by atoms with Crippen LogP contribution in [-0.2, 0) is 6.54 Å². The molecule has 0 unspecified atom stereocenters. The van der Waals surface area contributed by atoms with Gasteiger partial charge in [-0.2, -0.15) is 0 Å². The van der Waals surface area contributed by atoms with Crippen molar-refractivity contribution in [2.45, 2.75) is 46.3 Å². The highest BCUT2D eigenvalue weighted by atomic mass is 16.5. The van der Waals surface area contributed by atoms with E-state index in [1.807, 2.05) is 32.0 Å². The minimum atomic E-state index is -0.448. The van der Waals surface area contributed by atoms with Crippen molar-refractivity contribution in [1.82, 2.24) is 9.47 Å². The molecule has 1 N–H and O–H groups in total. The van der Waals surface area contributed by atoms with Gasteiger partial charge in [-0.1, -0.05) is 13.8 Å². The van der Waals surface area contributed by atoms with Gasteiger partial charge in [0.25, 0.3) is 5.91 Å². The van der Waals surface area contributed by atoms with E-state index in [4.69, 9.17) is 4.74 Å². The van der Waals surface area contributed by atoms with E-state index in [9.17, 15) is 9.90 Å². The number of hydrogen-bond acceptors (Lipinski definition) is 3. The first-order valence-electron chi connectivity index (χ1n) is 9.12. The zero-order valence-electron chi connectivity index (χ0n) is 15.6. The Bertz CT molecular complexity index is 781. The van der Waals surface area contributed by atoms with Gasteiger partial charge in [0, 0.05) is 36.2 Å². The molecule has 1 aromatic heterocycles. The molecule has 2 atom stereocenters. The number of aryl methyl sites for hydroxylation is 1. The number of fused-ring (bicyclic) bond motifs is 1. The van der Waals surface area contributed by atoms with Gasteiger partial charge in [0.2, 0.25) is 0 Å². The van der Waals surface area contributed by atoms with Crippen molar-refractivity contribution < 1.29 is 14.6 Å². The van der Waals surface area contributed by atoms with Gasteiger partial charge in [0.15, 0.2) is 0 Å². The molecule has 1 saturated heterocycles. The number of nitrogens with zero attached hydrogens (tertiary/aromatic N) is 2. The van der Waals surface area contributed by atoms with Crippen LogP contribution in [0.5, 0.6) is 5.75 Å². The maximum absolute atomic E-state index is 13.3. The summed E-state index contributed by atoms with van der Waals surface area (Å²) in [7, 11) is 1.64. The first-order chi connectivity index (χ1) is 12.0. The highest BCUT2D eigenvalue weighted by Crippen LogP contribution is 2.31. The fraction of sp³-hybridized carbons (Fsp3) is 0.550. The number of carbonyl (C=O) groups is 1. The highest BCUT2D eigenvalue weighted by molar-refractivity contribution is 6.08. The number of carbonyl (C=O) groups excluding carboxylic acids is 1. The molecule has 2 heterocycles. The Kier molecular flexibility index (Phi) is 5.04. The maximum atomic E-state index is 13.3. The molecule has 1 fully saturated rings. The van der Waals surface area contributed by atoms with Crippen LogP contribution in [0.15, 0.2) is 18.2 Å². The number of aromatic nitrogens is 1. The first kappa shape index (κ1) is 17.8. The lowest BCUT2D eigenvalue weighted by atomic mass is 9.95. The monoisotopic (exact) mass is 344 g/mol. The van der Waals surface area contributed by atoms with E-state index < -0.39 is 6.10 Å². The van der Waals surface area contributed by atoms with Crippen LogP contribution in [0.4, 0.5) is 0 Å². The molecule has 3 rings (SSSR count). The number of likely N-dealkylation sites (tertiary alicyclic amines) is 1. The summed E-state index contributed by atoms with van der Waals surface area (Å²) < 4.78 is 7.58. The molecular formula is C20H28N2O3. The van der Waals surface area contributed by atoms with Crippen molar-refractivity contribution in [1.29, 1.82) is 0 Å². The topological polar surface area (TPSA) is 54.7 Å². The standard InChI is InChI=1S/C20H28N2O3/c1-5-9-22-14(3)19(16-11-15(25-4)6-7-17(16)22)20(24)21-10-8-13(2)18(23)12-21/h6-7,11,13,18,23H,5,8-10,12H2,1-4H3/t13-,18+/m1/s1. The Labute approximate surface area is 149 Å². The van der Waals surface area contributed by atoms with Gasteiger partial charge in [-0.05, 0) is 43.9 Å². The fourth-order valence-corrected chi connectivity index (χ4v) is 3.76. The summed E-state index contributed by atoms with van der Waals surface area (Å²) in [6.07, 6.45) is 1.39. The molecule has 25 heavy (non-hydrogen) atoms. The van der Waals surface area contributed by atoms with Crippen molar-refractivity contribution >= 4 is 16.8 Å². The van der Waals surface area contributed by atoms with E-state index in [0.29, 0.717) is 13.1 Å². The van der Waals surface area contributed by atoms with E-state index >= 15 is 0 Å². The predicted octanol–water partition coefficient (Wildman–Crippen LogP) is 3.21. The fourth-order valence-electron chi connectivity index (χ4n) is 3.76. The number of ether oxygens (including phenoxy) is 1. The first-order valence-corrected chi connectivity index (χ1v) is 9.12. The zero-order chi connectivity index (χ0) is 18.1. The van der Waals surface area contributed by atoms with Crippen LogP contribution in [0.25, 0.3) is 10.9 Å². The Morgan fingerprint density at radius 3 is 2.80 bits per heavy atom. The van der Waals surface area contributed by atoms with Crippen LogP contribution in [0, 0.1) is 12.8 Å². The smallest absolute Gasteiger partial charge is 0.256 e. The second-order valence-corrected chi connectivity index (χ2v) is 7.08. The largest absolute Gasteiger partial charge is 0.497 e. The van der Waals surface area contributed by atoms with Crippen LogP contribution in [0.3, 0.4) is 0 Å². The molecule has 0 radical (unpaired) electrons. The summed E-state index contributed by atoms with van der Waals surface area (Å²) in [6.45, 7) is 8.17. The lowest BCUT2D eigenvalue weighted by Gasteiger charge is -2.34. The van der Waals surface area contributed by atoms with E-state index in [0.717, 1.165) is 47.3 Å². The third-order valence-electron chi connectivity index (χ3n) is 5.40. The molecule has 5 heteroatoms. The van der Waals surface area contributed by atoms with Crippen LogP contribution in [0.2, 0.25) is 0 Å². The van der Waals surface area contributed by atoms with Gasteiger partial charge in [-0.3, -0.25) is 4.79 Å². The van der Waals surface area contributed by atoms with Crippen molar-refractivity contribution in [3.8, 4) is 5.75 Å². The maximum Gasteiger partial charge on any atom is 0.256 e. The van der Waals surface area contributed by atoms with Crippen LogP contribution < -0.4 is 4.74 Å². The second kappa shape index (κ2) is 7.08. The van der Waals surface area contributed by atoms with Crippen molar-refractivity contribution in [3.63, 3.8) is 0 Å². The van der Waals surface area contributed by atoms with Crippen LogP contribution in [-0.4, -0.2) is 46.8 Å². The number of hydrogen-bond donors (Lipinski definition) is 1. The quantitative estimate of drug-likeness (QED) is 0.926. The number of aliphatic hydroxyl groups excluding tert-OH is 1. The predicted molar refractivity (Wildman–Crippen MR) is 99.2 cm³/mol. The van der Waals surface area contributed by atoms with Crippen molar-refractivity contribution in [2.75, 3.05) is 20.2 Å². The molecule has 1 aromatic carbocycles. The third-order valence-corrected chi connectivity index (χ3v) is 5.40. The number of piperidine rings is 1. The van der Waals surface area contributed by atoms with Gasteiger partial charge in [-0.15, -0.1) is 0 Å². The molecule has 1 aliphatic heterocycles. The van der Waals surface area contributed by atoms with E-state index in [1.54, 1.807) is 12.0 Å². The number of benzene rings is 1. The summed E-state index contributed by atoms with van der Waals surface area (Å²) in [5, 5.41) is 11.1. The normalized spacial score (nSPS) is 20.9. The summed E-state index contributed by atoms with van der Waals surface area (Å²) in [6, 6.07) is 5.92.